The molecule has 0 aliphatic heterocycles. The van der Waals surface area contributed by atoms with Crippen LogP contribution in [-0.2, 0) is 27.2 Å². The highest BCUT2D eigenvalue weighted by Crippen LogP contribution is 2.37. The van der Waals surface area contributed by atoms with Gasteiger partial charge in [-0.3, -0.25) is 4.79 Å². The summed E-state index contributed by atoms with van der Waals surface area (Å²) in [5.74, 6) is -0.206. The highest BCUT2D eigenvalue weighted by Gasteiger charge is 2.44. The van der Waals surface area contributed by atoms with Crippen molar-refractivity contribution >= 4 is 14.1 Å². The molecule has 0 saturated heterocycles. The van der Waals surface area contributed by atoms with Crippen molar-refractivity contribution in [2.75, 3.05) is 6.61 Å². The van der Waals surface area contributed by atoms with Crippen LogP contribution in [0.1, 0.15) is 50.8 Å². The largest absolute Gasteiger partial charge is 0.409 e. The highest BCUT2D eigenvalue weighted by atomic mass is 28.4. The number of ether oxygens (including phenoxy) is 1. The Labute approximate surface area is 214 Å². The predicted octanol–water partition coefficient (Wildman–Crippen LogP) is 5.43. The van der Waals surface area contributed by atoms with E-state index in [-0.39, 0.29) is 23.9 Å². The van der Waals surface area contributed by atoms with Crippen molar-refractivity contribution in [1.82, 2.24) is 5.16 Å². The minimum atomic E-state index is -2.00. The Hall–Kier alpha value is -2.62. The van der Waals surface area contributed by atoms with Gasteiger partial charge in [0, 0.05) is 6.07 Å². The van der Waals surface area contributed by atoms with Crippen LogP contribution >= 0.6 is 0 Å². The predicted molar refractivity (Wildman–Crippen MR) is 141 cm³/mol. The van der Waals surface area contributed by atoms with E-state index in [9.17, 15) is 15.0 Å². The SMILES string of the molecule is CC(C)(C)[Si](C)(C)OCc1cc([C@H](O)[C@](C)(OCc2ccc(-c3ccccc3)cc2)C(=O)CO)no1. The van der Waals surface area contributed by atoms with Crippen LogP contribution in [0.5, 0.6) is 0 Å². The van der Waals surface area contributed by atoms with Gasteiger partial charge in [0.25, 0.3) is 0 Å². The zero-order chi connectivity index (χ0) is 26.6. The third-order valence-electron chi connectivity index (χ3n) is 7.06. The van der Waals surface area contributed by atoms with Crippen molar-refractivity contribution in [3.8, 4) is 11.1 Å². The molecule has 1 aromatic heterocycles. The molecule has 1 heterocycles. The Morgan fingerprint density at radius 2 is 1.61 bits per heavy atom. The maximum Gasteiger partial charge on any atom is 0.192 e. The Kier molecular flexibility index (Phi) is 8.69. The molecule has 0 bridgehead atoms. The molecule has 7 nitrogen and oxygen atoms in total. The zero-order valence-corrected chi connectivity index (χ0v) is 22.9. The van der Waals surface area contributed by atoms with Gasteiger partial charge in [-0.2, -0.15) is 0 Å². The van der Waals surface area contributed by atoms with Crippen LogP contribution in [-0.4, -0.2) is 41.7 Å². The van der Waals surface area contributed by atoms with Gasteiger partial charge in [-0.05, 0) is 41.7 Å². The molecule has 3 rings (SSSR count). The number of benzene rings is 2. The number of aliphatic hydroxyl groups excluding tert-OH is 2. The lowest BCUT2D eigenvalue weighted by Crippen LogP contribution is -2.46. The molecule has 0 unspecified atom stereocenters. The molecule has 0 aliphatic rings. The van der Waals surface area contributed by atoms with E-state index in [4.69, 9.17) is 13.7 Å². The third kappa shape index (κ3) is 6.38. The molecule has 0 amide bonds. The minimum Gasteiger partial charge on any atom is -0.409 e. The summed E-state index contributed by atoms with van der Waals surface area (Å²) in [6, 6.07) is 19.3. The number of carbonyl (C=O) groups excluding carboxylic acids is 1. The van der Waals surface area contributed by atoms with Crippen LogP contribution in [0.4, 0.5) is 0 Å². The number of hydrogen-bond donors (Lipinski definition) is 2. The van der Waals surface area contributed by atoms with Crippen molar-refractivity contribution in [2.24, 2.45) is 0 Å². The van der Waals surface area contributed by atoms with Gasteiger partial charge in [0.2, 0.25) is 0 Å². The summed E-state index contributed by atoms with van der Waals surface area (Å²) in [6.07, 6.45) is -1.44. The van der Waals surface area contributed by atoms with E-state index in [2.05, 4.69) is 39.0 Å². The first kappa shape index (κ1) is 28.0. The number of Topliss-reactive ketones (excluding diaryl/α,β-unsaturated/α-hetero) is 1. The molecule has 0 aliphatic carbocycles. The van der Waals surface area contributed by atoms with Crippen LogP contribution < -0.4 is 0 Å². The van der Waals surface area contributed by atoms with E-state index in [1.54, 1.807) is 6.07 Å². The van der Waals surface area contributed by atoms with Gasteiger partial charge in [0.15, 0.2) is 25.5 Å². The quantitative estimate of drug-likeness (QED) is 0.331. The van der Waals surface area contributed by atoms with Crippen molar-refractivity contribution < 1.29 is 28.7 Å². The number of rotatable bonds is 11. The Morgan fingerprint density at radius 1 is 1.00 bits per heavy atom. The van der Waals surface area contributed by atoms with Crippen molar-refractivity contribution in [1.29, 1.82) is 0 Å². The summed E-state index contributed by atoms with van der Waals surface area (Å²) in [6.45, 7) is 11.7. The number of ketones is 1. The minimum absolute atomic E-state index is 0.0363. The lowest BCUT2D eigenvalue weighted by Gasteiger charge is -2.35. The van der Waals surface area contributed by atoms with E-state index in [1.165, 1.54) is 6.92 Å². The number of aliphatic hydroxyl groups is 2. The van der Waals surface area contributed by atoms with Gasteiger partial charge in [0.1, 0.15) is 18.4 Å². The fraction of sp³-hybridized carbons (Fsp3) is 0.429. The number of nitrogens with zero attached hydrogens (tertiary/aromatic N) is 1. The van der Waals surface area contributed by atoms with Crippen LogP contribution in [0.25, 0.3) is 11.1 Å². The molecule has 0 spiro atoms. The van der Waals surface area contributed by atoms with Crippen LogP contribution in [0.15, 0.2) is 65.2 Å². The van der Waals surface area contributed by atoms with Crippen LogP contribution in [0, 0.1) is 0 Å². The summed E-state index contributed by atoms with van der Waals surface area (Å²) < 4.78 is 17.5. The van der Waals surface area contributed by atoms with Crippen LogP contribution in [0.3, 0.4) is 0 Å². The first-order valence-corrected chi connectivity index (χ1v) is 15.0. The van der Waals surface area contributed by atoms with E-state index in [0.717, 1.165) is 16.7 Å². The second-order valence-corrected chi connectivity index (χ2v) is 15.5. The van der Waals surface area contributed by atoms with E-state index < -0.39 is 32.4 Å². The fourth-order valence-electron chi connectivity index (χ4n) is 3.40. The molecule has 0 saturated carbocycles. The smallest absolute Gasteiger partial charge is 0.192 e. The molecular weight excluding hydrogens is 474 g/mol. The molecule has 2 aromatic carbocycles. The van der Waals surface area contributed by atoms with Gasteiger partial charge in [-0.25, -0.2) is 0 Å². The summed E-state index contributed by atoms with van der Waals surface area (Å²) in [7, 11) is -2.00. The van der Waals surface area contributed by atoms with Crippen molar-refractivity contribution in [3.63, 3.8) is 0 Å². The maximum atomic E-state index is 12.7. The fourth-order valence-corrected chi connectivity index (χ4v) is 4.34. The van der Waals surface area contributed by atoms with Crippen molar-refractivity contribution in [2.45, 2.75) is 70.7 Å². The van der Waals surface area contributed by atoms with Crippen LogP contribution in [0.2, 0.25) is 18.1 Å². The molecule has 36 heavy (non-hydrogen) atoms. The van der Waals surface area contributed by atoms with Gasteiger partial charge < -0.3 is 23.9 Å². The summed E-state index contributed by atoms with van der Waals surface area (Å²) in [4.78, 5) is 12.7. The second kappa shape index (κ2) is 11.2. The topological polar surface area (TPSA) is 102 Å². The number of hydrogen-bond acceptors (Lipinski definition) is 7. The summed E-state index contributed by atoms with van der Waals surface area (Å²) in [5.41, 5.74) is 1.40. The lowest BCUT2D eigenvalue weighted by atomic mass is 9.91. The Balaban J connectivity index is 1.71. The standard InChI is InChI=1S/C28H37NO6Si/c1-27(2,3)36(5,6)34-19-23-16-24(29-35-23)26(32)28(4,25(31)17-30)33-18-20-12-14-22(15-13-20)21-10-8-7-9-11-21/h7-16,26,30,32H,17-19H2,1-6H3/t26-,28+/m0/s1. The monoisotopic (exact) mass is 511 g/mol. The number of aromatic nitrogens is 1. The average Bonchev–Trinajstić information content (AvgIpc) is 3.34. The molecular formula is C28H37NO6Si. The third-order valence-corrected chi connectivity index (χ3v) is 11.5. The molecule has 8 heteroatoms. The zero-order valence-electron chi connectivity index (χ0n) is 21.9. The van der Waals surface area contributed by atoms with Gasteiger partial charge >= 0.3 is 0 Å². The van der Waals surface area contributed by atoms with Gasteiger partial charge in [-0.15, -0.1) is 0 Å². The summed E-state index contributed by atoms with van der Waals surface area (Å²) >= 11 is 0. The van der Waals surface area contributed by atoms with E-state index in [0.29, 0.717) is 5.76 Å². The molecule has 2 N–H and O–H groups in total. The molecule has 0 fully saturated rings. The molecule has 3 aromatic rings. The number of carbonyl (C=O) groups is 1. The molecule has 0 radical (unpaired) electrons. The first-order chi connectivity index (χ1) is 16.9. The van der Waals surface area contributed by atoms with E-state index in [1.807, 2.05) is 54.6 Å². The van der Waals surface area contributed by atoms with E-state index >= 15 is 0 Å². The maximum absolute atomic E-state index is 12.7. The molecule has 194 valence electrons. The summed E-state index contributed by atoms with van der Waals surface area (Å²) in [5, 5.41) is 24.6. The Morgan fingerprint density at radius 3 is 2.19 bits per heavy atom. The molecule has 2 atom stereocenters. The lowest BCUT2D eigenvalue weighted by molar-refractivity contribution is -0.166. The van der Waals surface area contributed by atoms with Gasteiger partial charge in [-0.1, -0.05) is 80.5 Å². The van der Waals surface area contributed by atoms with Crippen molar-refractivity contribution in [3.05, 3.63) is 77.7 Å². The normalized spacial score (nSPS) is 14.9. The second-order valence-electron chi connectivity index (χ2n) is 10.7. The average molecular weight is 512 g/mol. The Bertz CT molecular complexity index is 1140. The highest BCUT2D eigenvalue weighted by molar-refractivity contribution is 6.74. The first-order valence-electron chi connectivity index (χ1n) is 12.1. The van der Waals surface area contributed by atoms with Gasteiger partial charge in [0.05, 0.1) is 13.2 Å².